The number of anilines is 1. The van der Waals surface area contributed by atoms with Gasteiger partial charge in [0.15, 0.2) is 0 Å². The molecule has 2 rings (SSSR count). The molecular formula is C12H14Cl2N2OS. The average molecular weight is 305 g/mol. The first-order valence-corrected chi connectivity index (χ1v) is 7.62. The Morgan fingerprint density at radius 3 is 3.06 bits per heavy atom. The number of carbonyl (C=O) groups is 1. The van der Waals surface area contributed by atoms with Crippen molar-refractivity contribution in [2.24, 2.45) is 0 Å². The molecule has 1 aliphatic rings. The Morgan fingerprint density at radius 2 is 2.33 bits per heavy atom. The third-order valence-electron chi connectivity index (χ3n) is 2.63. The largest absolute Gasteiger partial charge is 0.325 e. The lowest BCUT2D eigenvalue weighted by Crippen LogP contribution is -2.39. The Kier molecular flexibility index (Phi) is 5.18. The van der Waals surface area contributed by atoms with Crippen LogP contribution < -0.4 is 10.6 Å². The first-order valence-electron chi connectivity index (χ1n) is 5.71. The molecule has 1 aromatic carbocycles. The predicted octanol–water partition coefficient (Wildman–Crippen LogP) is 3.03. The Hall–Kier alpha value is -0.420. The first kappa shape index (κ1) is 14.0. The van der Waals surface area contributed by atoms with E-state index in [1.54, 1.807) is 18.2 Å². The molecule has 0 radical (unpaired) electrons. The lowest BCUT2D eigenvalue weighted by molar-refractivity contribution is -0.116. The highest BCUT2D eigenvalue weighted by Gasteiger charge is 2.17. The van der Waals surface area contributed by atoms with E-state index in [1.165, 1.54) is 0 Å². The van der Waals surface area contributed by atoms with Crippen molar-refractivity contribution in [3.63, 3.8) is 0 Å². The van der Waals surface area contributed by atoms with Gasteiger partial charge in [-0.2, -0.15) is 11.8 Å². The van der Waals surface area contributed by atoms with Crippen molar-refractivity contribution < 1.29 is 4.79 Å². The molecule has 3 nitrogen and oxygen atoms in total. The fraction of sp³-hybridized carbons (Fsp3) is 0.417. The SMILES string of the molecule is O=C(CC1CSCCN1)Nc1cc(Cl)ccc1Cl. The van der Waals surface area contributed by atoms with Crippen LogP contribution in [-0.2, 0) is 4.79 Å². The topological polar surface area (TPSA) is 41.1 Å². The molecule has 1 aliphatic heterocycles. The maximum atomic E-state index is 11.9. The van der Waals surface area contributed by atoms with Crippen LogP contribution in [0.15, 0.2) is 18.2 Å². The number of rotatable bonds is 3. The molecule has 1 atom stereocenters. The Balaban J connectivity index is 1.92. The van der Waals surface area contributed by atoms with Gasteiger partial charge in [0, 0.05) is 35.5 Å². The summed E-state index contributed by atoms with van der Waals surface area (Å²) in [4.78, 5) is 11.9. The van der Waals surface area contributed by atoms with E-state index in [1.807, 2.05) is 11.8 Å². The van der Waals surface area contributed by atoms with E-state index in [-0.39, 0.29) is 11.9 Å². The summed E-state index contributed by atoms with van der Waals surface area (Å²) in [5.74, 6) is 2.04. The second-order valence-corrected chi connectivity index (χ2v) is 6.10. The van der Waals surface area contributed by atoms with E-state index in [2.05, 4.69) is 10.6 Å². The van der Waals surface area contributed by atoms with Gasteiger partial charge in [-0.05, 0) is 18.2 Å². The van der Waals surface area contributed by atoms with Gasteiger partial charge in [0.1, 0.15) is 0 Å². The van der Waals surface area contributed by atoms with Crippen LogP contribution in [0.25, 0.3) is 0 Å². The quantitative estimate of drug-likeness (QED) is 0.902. The molecule has 1 aromatic rings. The van der Waals surface area contributed by atoms with Gasteiger partial charge in [-0.1, -0.05) is 23.2 Å². The normalized spacial score (nSPS) is 19.6. The Bertz CT molecular complexity index is 436. The maximum absolute atomic E-state index is 11.9. The summed E-state index contributed by atoms with van der Waals surface area (Å²) in [5.41, 5.74) is 0.567. The van der Waals surface area contributed by atoms with Crippen molar-refractivity contribution >= 4 is 46.6 Å². The number of hydrogen-bond acceptors (Lipinski definition) is 3. The monoisotopic (exact) mass is 304 g/mol. The van der Waals surface area contributed by atoms with Crippen LogP contribution in [0.4, 0.5) is 5.69 Å². The highest BCUT2D eigenvalue weighted by atomic mass is 35.5. The number of thioether (sulfide) groups is 1. The van der Waals surface area contributed by atoms with Crippen LogP contribution in [0.1, 0.15) is 6.42 Å². The molecule has 0 aromatic heterocycles. The molecule has 0 aliphatic carbocycles. The smallest absolute Gasteiger partial charge is 0.226 e. The lowest BCUT2D eigenvalue weighted by Gasteiger charge is -2.22. The van der Waals surface area contributed by atoms with E-state index in [9.17, 15) is 4.79 Å². The van der Waals surface area contributed by atoms with Gasteiger partial charge in [0.2, 0.25) is 5.91 Å². The second kappa shape index (κ2) is 6.66. The summed E-state index contributed by atoms with van der Waals surface area (Å²) in [7, 11) is 0. The van der Waals surface area contributed by atoms with Gasteiger partial charge >= 0.3 is 0 Å². The number of amides is 1. The third kappa shape index (κ3) is 4.05. The van der Waals surface area contributed by atoms with Crippen LogP contribution in [-0.4, -0.2) is 30.0 Å². The van der Waals surface area contributed by atoms with Crippen LogP contribution >= 0.6 is 35.0 Å². The van der Waals surface area contributed by atoms with Crippen LogP contribution in [0.3, 0.4) is 0 Å². The summed E-state index contributed by atoms with van der Waals surface area (Å²) in [6, 6.07) is 5.26. The molecule has 98 valence electrons. The van der Waals surface area contributed by atoms with Gasteiger partial charge < -0.3 is 10.6 Å². The molecule has 2 N–H and O–H groups in total. The highest BCUT2D eigenvalue weighted by Crippen LogP contribution is 2.25. The fourth-order valence-electron chi connectivity index (χ4n) is 1.77. The summed E-state index contributed by atoms with van der Waals surface area (Å²) < 4.78 is 0. The minimum absolute atomic E-state index is 0.0424. The molecule has 0 saturated carbocycles. The standard InChI is InChI=1S/C12H14Cl2N2OS/c13-8-1-2-10(14)11(5-8)16-12(17)6-9-7-18-4-3-15-9/h1-2,5,9,15H,3-4,6-7H2,(H,16,17). The van der Waals surface area contributed by atoms with Gasteiger partial charge in [-0.25, -0.2) is 0 Å². The minimum atomic E-state index is -0.0424. The fourth-order valence-corrected chi connectivity index (χ4v) is 3.06. The molecule has 1 saturated heterocycles. The van der Waals surface area contributed by atoms with Gasteiger partial charge in [-0.15, -0.1) is 0 Å². The van der Waals surface area contributed by atoms with Crippen LogP contribution in [0, 0.1) is 0 Å². The van der Waals surface area contributed by atoms with Crippen molar-refractivity contribution in [2.75, 3.05) is 23.4 Å². The molecule has 0 spiro atoms. The molecule has 0 bridgehead atoms. The van der Waals surface area contributed by atoms with E-state index in [4.69, 9.17) is 23.2 Å². The molecule has 1 heterocycles. The van der Waals surface area contributed by atoms with Crippen molar-refractivity contribution in [3.8, 4) is 0 Å². The van der Waals surface area contributed by atoms with E-state index in [0.717, 1.165) is 18.1 Å². The second-order valence-electron chi connectivity index (χ2n) is 4.10. The van der Waals surface area contributed by atoms with Crippen LogP contribution in [0.5, 0.6) is 0 Å². The van der Waals surface area contributed by atoms with E-state index >= 15 is 0 Å². The Labute approximate surface area is 121 Å². The number of halogens is 2. The van der Waals surface area contributed by atoms with Gasteiger partial charge in [0.25, 0.3) is 0 Å². The van der Waals surface area contributed by atoms with Crippen molar-refractivity contribution in [2.45, 2.75) is 12.5 Å². The number of benzene rings is 1. The van der Waals surface area contributed by atoms with E-state index < -0.39 is 0 Å². The van der Waals surface area contributed by atoms with Crippen molar-refractivity contribution in [1.82, 2.24) is 5.32 Å². The number of hydrogen-bond donors (Lipinski definition) is 2. The third-order valence-corrected chi connectivity index (χ3v) is 4.33. The highest BCUT2D eigenvalue weighted by molar-refractivity contribution is 7.99. The number of nitrogens with one attached hydrogen (secondary N) is 2. The predicted molar refractivity (Wildman–Crippen MR) is 78.8 cm³/mol. The molecule has 1 amide bonds. The lowest BCUT2D eigenvalue weighted by atomic mass is 10.2. The summed E-state index contributed by atoms with van der Waals surface area (Å²) in [6.45, 7) is 0.959. The molecule has 6 heteroatoms. The van der Waals surface area contributed by atoms with Gasteiger partial charge in [-0.3, -0.25) is 4.79 Å². The molecule has 1 unspecified atom stereocenters. The van der Waals surface area contributed by atoms with Gasteiger partial charge in [0.05, 0.1) is 10.7 Å². The molecular weight excluding hydrogens is 291 g/mol. The van der Waals surface area contributed by atoms with Crippen LogP contribution in [0.2, 0.25) is 10.0 Å². The Morgan fingerprint density at radius 1 is 1.50 bits per heavy atom. The zero-order valence-corrected chi connectivity index (χ0v) is 12.0. The van der Waals surface area contributed by atoms with E-state index in [0.29, 0.717) is 22.2 Å². The molecule has 18 heavy (non-hydrogen) atoms. The minimum Gasteiger partial charge on any atom is -0.325 e. The maximum Gasteiger partial charge on any atom is 0.226 e. The molecule has 1 fully saturated rings. The zero-order chi connectivity index (χ0) is 13.0. The zero-order valence-electron chi connectivity index (χ0n) is 9.71. The van der Waals surface area contributed by atoms with Crippen molar-refractivity contribution in [3.05, 3.63) is 28.2 Å². The first-order chi connectivity index (χ1) is 8.65. The average Bonchev–Trinajstić information content (AvgIpc) is 2.35. The van der Waals surface area contributed by atoms with Crippen molar-refractivity contribution in [1.29, 1.82) is 0 Å². The summed E-state index contributed by atoms with van der Waals surface area (Å²) in [6.07, 6.45) is 0.454. The summed E-state index contributed by atoms with van der Waals surface area (Å²) >= 11 is 13.7. The number of carbonyl (C=O) groups excluding carboxylic acids is 1. The summed E-state index contributed by atoms with van der Waals surface area (Å²) in [5, 5.41) is 7.17.